The van der Waals surface area contributed by atoms with Gasteiger partial charge in [0.1, 0.15) is 6.04 Å². The smallest absolute Gasteiger partial charge is 0.322 e. The fourth-order valence-corrected chi connectivity index (χ4v) is 4.99. The Bertz CT molecular complexity index is 445. The molecule has 7 heteroatoms. The summed E-state index contributed by atoms with van der Waals surface area (Å²) in [5.74, 6) is -0.679. The number of aliphatic carboxylic acids is 1. The van der Waals surface area contributed by atoms with Crippen LogP contribution < -0.4 is 4.72 Å². The predicted molar refractivity (Wildman–Crippen MR) is 75.5 cm³/mol. The number of carbonyl (C=O) groups is 1. The highest BCUT2D eigenvalue weighted by atomic mass is 32.2. The molecular formula is C13H24N2O4S. The van der Waals surface area contributed by atoms with Gasteiger partial charge in [-0.25, -0.2) is 0 Å². The van der Waals surface area contributed by atoms with Crippen molar-refractivity contribution in [2.75, 3.05) is 6.54 Å². The Morgan fingerprint density at radius 3 is 2.40 bits per heavy atom. The number of piperidine rings is 1. The molecule has 0 aromatic heterocycles. The van der Waals surface area contributed by atoms with E-state index in [-0.39, 0.29) is 6.04 Å². The highest BCUT2D eigenvalue weighted by molar-refractivity contribution is 7.87. The van der Waals surface area contributed by atoms with Gasteiger partial charge in [0.05, 0.1) is 0 Å². The molecule has 20 heavy (non-hydrogen) atoms. The average Bonchev–Trinajstić information content (AvgIpc) is 2.92. The zero-order valence-electron chi connectivity index (χ0n) is 11.9. The maximum Gasteiger partial charge on any atom is 0.322 e. The fraction of sp³-hybridized carbons (Fsp3) is 0.923. The van der Waals surface area contributed by atoms with E-state index in [0.717, 1.165) is 42.8 Å². The lowest BCUT2D eigenvalue weighted by atomic mass is 10.0. The standard InChI is InChI=1S/C13H24N2O4S/c1-10(11-6-2-3-7-11)14-20(18,19)15-9-5-4-8-12(15)13(16)17/h10-12,14H,2-9H2,1H3,(H,16,17). The summed E-state index contributed by atoms with van der Waals surface area (Å²) < 4.78 is 28.7. The molecule has 0 spiro atoms. The zero-order chi connectivity index (χ0) is 14.8. The van der Waals surface area contributed by atoms with E-state index in [1.54, 1.807) is 0 Å². The third kappa shape index (κ3) is 3.51. The van der Waals surface area contributed by atoms with Crippen LogP contribution >= 0.6 is 0 Å². The van der Waals surface area contributed by atoms with Crippen LogP contribution in [0.3, 0.4) is 0 Å². The minimum atomic E-state index is -3.71. The van der Waals surface area contributed by atoms with Crippen molar-refractivity contribution in [1.82, 2.24) is 9.03 Å². The van der Waals surface area contributed by atoms with E-state index in [9.17, 15) is 18.3 Å². The number of carboxylic acid groups (broad SMARTS) is 1. The van der Waals surface area contributed by atoms with E-state index < -0.39 is 22.2 Å². The van der Waals surface area contributed by atoms with Gasteiger partial charge in [-0.15, -0.1) is 0 Å². The van der Waals surface area contributed by atoms with Crippen LogP contribution in [-0.4, -0.2) is 42.4 Å². The summed E-state index contributed by atoms with van der Waals surface area (Å²) in [5.41, 5.74) is 0. The van der Waals surface area contributed by atoms with Crippen molar-refractivity contribution in [2.24, 2.45) is 5.92 Å². The molecule has 0 radical (unpaired) electrons. The molecule has 2 atom stereocenters. The summed E-state index contributed by atoms with van der Waals surface area (Å²) in [6, 6.07) is -1.05. The molecule has 1 saturated heterocycles. The Labute approximate surface area is 120 Å². The molecule has 2 unspecified atom stereocenters. The maximum absolute atomic E-state index is 12.4. The molecule has 2 aliphatic rings. The van der Waals surface area contributed by atoms with Crippen molar-refractivity contribution in [3.8, 4) is 0 Å². The van der Waals surface area contributed by atoms with E-state index in [4.69, 9.17) is 0 Å². The summed E-state index contributed by atoms with van der Waals surface area (Å²) in [5, 5.41) is 9.18. The third-order valence-electron chi connectivity index (χ3n) is 4.49. The Morgan fingerprint density at radius 2 is 1.80 bits per heavy atom. The molecule has 0 aromatic rings. The van der Waals surface area contributed by atoms with E-state index in [0.29, 0.717) is 18.9 Å². The molecule has 1 aliphatic carbocycles. The molecule has 0 aromatic carbocycles. The van der Waals surface area contributed by atoms with Gasteiger partial charge in [-0.05, 0) is 44.9 Å². The molecule has 6 nitrogen and oxygen atoms in total. The van der Waals surface area contributed by atoms with Crippen LogP contribution in [0.2, 0.25) is 0 Å². The molecular weight excluding hydrogens is 280 g/mol. The summed E-state index contributed by atoms with van der Waals surface area (Å²) in [7, 11) is -3.71. The second-order valence-corrected chi connectivity index (χ2v) is 7.57. The van der Waals surface area contributed by atoms with Crippen LogP contribution in [0.15, 0.2) is 0 Å². The average molecular weight is 304 g/mol. The van der Waals surface area contributed by atoms with Gasteiger partial charge < -0.3 is 5.11 Å². The minimum absolute atomic E-state index is 0.126. The normalized spacial score (nSPS) is 27.6. The van der Waals surface area contributed by atoms with Gasteiger partial charge >= 0.3 is 5.97 Å². The quantitative estimate of drug-likeness (QED) is 0.802. The van der Waals surface area contributed by atoms with Crippen LogP contribution in [0.5, 0.6) is 0 Å². The van der Waals surface area contributed by atoms with Crippen LogP contribution in [0.25, 0.3) is 0 Å². The summed E-state index contributed by atoms with van der Waals surface area (Å²) in [4.78, 5) is 11.2. The molecule has 0 amide bonds. The maximum atomic E-state index is 12.4. The largest absolute Gasteiger partial charge is 0.480 e. The van der Waals surface area contributed by atoms with Gasteiger partial charge in [0, 0.05) is 12.6 Å². The first-order valence-corrected chi connectivity index (χ1v) is 8.88. The molecule has 116 valence electrons. The zero-order valence-corrected chi connectivity index (χ0v) is 12.7. The van der Waals surface area contributed by atoms with Crippen LogP contribution in [0.4, 0.5) is 0 Å². The first-order valence-electron chi connectivity index (χ1n) is 7.43. The lowest BCUT2D eigenvalue weighted by Crippen LogP contribution is -2.54. The highest BCUT2D eigenvalue weighted by Gasteiger charge is 2.38. The molecule has 1 aliphatic heterocycles. The lowest BCUT2D eigenvalue weighted by molar-refractivity contribution is -0.142. The van der Waals surface area contributed by atoms with Crippen molar-refractivity contribution in [3.63, 3.8) is 0 Å². The first kappa shape index (κ1) is 15.7. The minimum Gasteiger partial charge on any atom is -0.480 e. The Morgan fingerprint density at radius 1 is 1.20 bits per heavy atom. The van der Waals surface area contributed by atoms with Crippen LogP contribution in [0, 0.1) is 5.92 Å². The molecule has 2 fully saturated rings. The van der Waals surface area contributed by atoms with Gasteiger partial charge in [-0.1, -0.05) is 12.8 Å². The van der Waals surface area contributed by atoms with E-state index >= 15 is 0 Å². The number of nitrogens with zero attached hydrogens (tertiary/aromatic N) is 1. The second-order valence-electron chi connectivity index (χ2n) is 5.92. The van der Waals surface area contributed by atoms with Crippen molar-refractivity contribution in [3.05, 3.63) is 0 Å². The Hall–Kier alpha value is -0.660. The van der Waals surface area contributed by atoms with Crippen molar-refractivity contribution < 1.29 is 18.3 Å². The fourth-order valence-electron chi connectivity index (χ4n) is 3.30. The molecule has 2 N–H and O–H groups in total. The van der Waals surface area contributed by atoms with E-state index in [1.807, 2.05) is 6.92 Å². The third-order valence-corrected chi connectivity index (χ3v) is 6.21. The highest BCUT2D eigenvalue weighted by Crippen LogP contribution is 2.28. The van der Waals surface area contributed by atoms with Crippen molar-refractivity contribution in [2.45, 2.75) is 64.0 Å². The van der Waals surface area contributed by atoms with Gasteiger partial charge in [0.25, 0.3) is 10.2 Å². The van der Waals surface area contributed by atoms with E-state index in [1.165, 1.54) is 0 Å². The number of hydrogen-bond donors (Lipinski definition) is 2. The molecule has 0 bridgehead atoms. The monoisotopic (exact) mass is 304 g/mol. The Balaban J connectivity index is 2.05. The summed E-state index contributed by atoms with van der Waals surface area (Å²) in [6.07, 6.45) is 6.28. The second kappa shape index (κ2) is 6.41. The molecule has 2 rings (SSSR count). The van der Waals surface area contributed by atoms with Gasteiger partial charge in [0.15, 0.2) is 0 Å². The molecule has 1 saturated carbocycles. The van der Waals surface area contributed by atoms with E-state index in [2.05, 4.69) is 4.72 Å². The van der Waals surface area contributed by atoms with Gasteiger partial charge in [-0.2, -0.15) is 17.4 Å². The molecule has 1 heterocycles. The lowest BCUT2D eigenvalue weighted by Gasteiger charge is -2.33. The van der Waals surface area contributed by atoms with Gasteiger partial charge in [0.2, 0.25) is 0 Å². The SMILES string of the molecule is CC(NS(=O)(=O)N1CCCCC1C(=O)O)C1CCCC1. The summed E-state index contributed by atoms with van der Waals surface area (Å²) >= 11 is 0. The number of hydrogen-bond acceptors (Lipinski definition) is 3. The van der Waals surface area contributed by atoms with Crippen molar-refractivity contribution in [1.29, 1.82) is 0 Å². The Kier molecular flexibility index (Phi) is 5.04. The van der Waals surface area contributed by atoms with Crippen LogP contribution in [-0.2, 0) is 15.0 Å². The van der Waals surface area contributed by atoms with Crippen LogP contribution in [0.1, 0.15) is 51.9 Å². The first-order chi connectivity index (χ1) is 9.42. The number of carboxylic acids is 1. The van der Waals surface area contributed by atoms with Gasteiger partial charge in [-0.3, -0.25) is 4.79 Å². The predicted octanol–water partition coefficient (Wildman–Crippen LogP) is 1.34. The topological polar surface area (TPSA) is 86.7 Å². The summed E-state index contributed by atoms with van der Waals surface area (Å²) in [6.45, 7) is 2.18. The number of rotatable bonds is 5. The number of nitrogens with one attached hydrogen (secondary N) is 1. The van der Waals surface area contributed by atoms with Crippen molar-refractivity contribution >= 4 is 16.2 Å².